The van der Waals surface area contributed by atoms with Gasteiger partial charge in [-0.1, -0.05) is 11.6 Å². The molecule has 1 aliphatic rings. The van der Waals surface area contributed by atoms with Gasteiger partial charge in [0.2, 0.25) is 5.78 Å². The van der Waals surface area contributed by atoms with Crippen molar-refractivity contribution in [3.63, 3.8) is 0 Å². The van der Waals surface area contributed by atoms with E-state index in [9.17, 15) is 14.4 Å². The molecule has 1 N–H and O–H groups in total. The molecule has 2 aromatic carbocycles. The summed E-state index contributed by atoms with van der Waals surface area (Å²) in [6.07, 6.45) is 0. The average Bonchev–Trinajstić information content (AvgIpc) is 2.91. The third-order valence-electron chi connectivity index (χ3n) is 4.57. The summed E-state index contributed by atoms with van der Waals surface area (Å²) < 4.78 is 1.30. The maximum absolute atomic E-state index is 13.0. The van der Waals surface area contributed by atoms with Crippen molar-refractivity contribution < 1.29 is 14.7 Å². The molecule has 0 amide bonds. The van der Waals surface area contributed by atoms with E-state index in [1.54, 1.807) is 35.2 Å². The third-order valence-corrected chi connectivity index (χ3v) is 4.81. The number of anilines is 1. The summed E-state index contributed by atoms with van der Waals surface area (Å²) >= 11 is 5.98. The van der Waals surface area contributed by atoms with E-state index in [4.69, 9.17) is 16.7 Å². The van der Waals surface area contributed by atoms with Crippen LogP contribution in [0, 0.1) is 0 Å². The van der Waals surface area contributed by atoms with Crippen LogP contribution < -0.4 is 10.5 Å². The molecule has 136 valence electrons. The number of carboxylic acids is 1. The molecule has 27 heavy (non-hydrogen) atoms. The van der Waals surface area contributed by atoms with Gasteiger partial charge in [0.1, 0.15) is 6.54 Å². The molecular formula is C19H14ClN3O4. The minimum atomic E-state index is -0.957. The SMILES string of the molecule is CCN(CC(=O)O)c1ccc2c(=O)n3c(nc2c1)C(=O)c1cc(Cl)ccc1-3. The number of aliphatic carboxylic acids is 1. The van der Waals surface area contributed by atoms with Crippen molar-refractivity contribution in [3.8, 4) is 5.69 Å². The van der Waals surface area contributed by atoms with Gasteiger partial charge in [-0.05, 0) is 43.3 Å². The Morgan fingerprint density at radius 1 is 1.22 bits per heavy atom. The van der Waals surface area contributed by atoms with E-state index in [0.717, 1.165) is 0 Å². The Balaban J connectivity index is 1.92. The van der Waals surface area contributed by atoms with E-state index < -0.39 is 5.97 Å². The number of likely N-dealkylation sites (N-methyl/N-ethyl adjacent to an activating group) is 1. The number of carbonyl (C=O) groups excluding carboxylic acids is 1. The van der Waals surface area contributed by atoms with Gasteiger partial charge in [0.25, 0.3) is 5.56 Å². The van der Waals surface area contributed by atoms with E-state index in [0.29, 0.717) is 39.4 Å². The number of fused-ring (bicyclic) bond motifs is 4. The maximum Gasteiger partial charge on any atom is 0.323 e. The molecule has 0 saturated heterocycles. The molecule has 0 unspecified atom stereocenters. The van der Waals surface area contributed by atoms with Crippen LogP contribution in [0.2, 0.25) is 5.02 Å². The van der Waals surface area contributed by atoms with Crippen molar-refractivity contribution in [1.29, 1.82) is 0 Å². The van der Waals surface area contributed by atoms with Gasteiger partial charge in [-0.15, -0.1) is 0 Å². The lowest BCUT2D eigenvalue weighted by molar-refractivity contribution is -0.135. The Hall–Kier alpha value is -3.19. The number of rotatable bonds is 4. The van der Waals surface area contributed by atoms with Gasteiger partial charge in [-0.3, -0.25) is 19.0 Å². The smallest absolute Gasteiger partial charge is 0.323 e. The van der Waals surface area contributed by atoms with Gasteiger partial charge < -0.3 is 10.0 Å². The van der Waals surface area contributed by atoms with Crippen molar-refractivity contribution in [2.24, 2.45) is 0 Å². The van der Waals surface area contributed by atoms with Gasteiger partial charge in [0, 0.05) is 17.3 Å². The minimum absolute atomic E-state index is 0.0307. The monoisotopic (exact) mass is 383 g/mol. The second-order valence-corrected chi connectivity index (χ2v) is 6.61. The fourth-order valence-electron chi connectivity index (χ4n) is 3.30. The fraction of sp³-hybridized carbons (Fsp3) is 0.158. The molecule has 3 aromatic rings. The van der Waals surface area contributed by atoms with Crippen LogP contribution >= 0.6 is 11.6 Å². The van der Waals surface area contributed by atoms with Gasteiger partial charge >= 0.3 is 5.97 Å². The van der Waals surface area contributed by atoms with E-state index in [1.807, 2.05) is 6.92 Å². The van der Waals surface area contributed by atoms with Gasteiger partial charge in [-0.2, -0.15) is 0 Å². The summed E-state index contributed by atoms with van der Waals surface area (Å²) in [5.74, 6) is -1.29. The Bertz CT molecular complexity index is 1190. The molecule has 8 heteroatoms. The average molecular weight is 384 g/mol. The van der Waals surface area contributed by atoms with E-state index >= 15 is 0 Å². The van der Waals surface area contributed by atoms with E-state index in [1.165, 1.54) is 10.6 Å². The number of halogens is 1. The molecule has 4 rings (SSSR count). The van der Waals surface area contributed by atoms with Crippen molar-refractivity contribution in [1.82, 2.24) is 9.55 Å². The number of hydrogen-bond donors (Lipinski definition) is 1. The van der Waals surface area contributed by atoms with E-state index in [-0.39, 0.29) is 23.7 Å². The molecule has 0 fully saturated rings. The van der Waals surface area contributed by atoms with Crippen molar-refractivity contribution in [3.05, 3.63) is 63.2 Å². The van der Waals surface area contributed by atoms with Gasteiger partial charge in [0.15, 0.2) is 5.82 Å². The third kappa shape index (κ3) is 2.67. The molecular weight excluding hydrogens is 370 g/mol. The standard InChI is InChI=1S/C19H14ClN3O4/c1-2-22(9-16(24)25)11-4-5-12-14(8-11)21-18-17(26)13-7-10(20)3-6-15(13)23(18)19(12)27/h3-8H,2,9H2,1H3,(H,24,25). The van der Waals surface area contributed by atoms with Crippen molar-refractivity contribution in [2.45, 2.75) is 6.92 Å². The highest BCUT2D eigenvalue weighted by atomic mass is 35.5. The van der Waals surface area contributed by atoms with Crippen LogP contribution in [-0.4, -0.2) is 39.5 Å². The first-order valence-corrected chi connectivity index (χ1v) is 8.66. The lowest BCUT2D eigenvalue weighted by atomic mass is 10.1. The summed E-state index contributed by atoms with van der Waals surface area (Å²) in [4.78, 5) is 42.7. The molecule has 7 nitrogen and oxygen atoms in total. The number of carboxylic acid groups (broad SMARTS) is 1. The molecule has 2 heterocycles. The zero-order valence-electron chi connectivity index (χ0n) is 14.3. The zero-order valence-corrected chi connectivity index (χ0v) is 15.0. The molecule has 0 radical (unpaired) electrons. The Morgan fingerprint density at radius 3 is 2.70 bits per heavy atom. The molecule has 1 aliphatic heterocycles. The largest absolute Gasteiger partial charge is 0.480 e. The first-order chi connectivity index (χ1) is 12.9. The fourth-order valence-corrected chi connectivity index (χ4v) is 3.47. The lowest BCUT2D eigenvalue weighted by Crippen LogP contribution is -2.29. The number of benzene rings is 2. The highest BCUT2D eigenvalue weighted by molar-refractivity contribution is 6.31. The summed E-state index contributed by atoms with van der Waals surface area (Å²) in [6.45, 7) is 2.14. The Morgan fingerprint density at radius 2 is 2.00 bits per heavy atom. The number of carbonyl (C=O) groups is 2. The Kier molecular flexibility index (Phi) is 3.96. The van der Waals surface area contributed by atoms with Gasteiger partial charge in [-0.25, -0.2) is 4.98 Å². The normalized spacial score (nSPS) is 12.1. The highest BCUT2D eigenvalue weighted by Gasteiger charge is 2.30. The number of hydrogen-bond acceptors (Lipinski definition) is 5. The quantitative estimate of drug-likeness (QED) is 0.582. The molecule has 0 saturated carbocycles. The van der Waals surface area contributed by atoms with Gasteiger partial charge in [0.05, 0.1) is 22.2 Å². The summed E-state index contributed by atoms with van der Waals surface area (Å²) in [7, 11) is 0. The lowest BCUT2D eigenvalue weighted by Gasteiger charge is -2.21. The van der Waals surface area contributed by atoms with Crippen LogP contribution in [0.3, 0.4) is 0 Å². The summed E-state index contributed by atoms with van der Waals surface area (Å²) in [6, 6.07) is 9.69. The van der Waals surface area contributed by atoms with E-state index in [2.05, 4.69) is 4.98 Å². The first kappa shape index (κ1) is 17.2. The van der Waals surface area contributed by atoms with Crippen molar-refractivity contribution >= 4 is 39.9 Å². The summed E-state index contributed by atoms with van der Waals surface area (Å²) in [5, 5.41) is 9.81. The predicted molar refractivity (Wildman–Crippen MR) is 101 cm³/mol. The molecule has 1 aromatic heterocycles. The molecule has 0 atom stereocenters. The predicted octanol–water partition coefficient (Wildman–Crippen LogP) is 2.49. The van der Waals surface area contributed by atoms with Crippen LogP contribution in [0.15, 0.2) is 41.2 Å². The Labute approximate surface area is 158 Å². The second-order valence-electron chi connectivity index (χ2n) is 6.18. The number of ketones is 1. The minimum Gasteiger partial charge on any atom is -0.480 e. The number of aromatic nitrogens is 2. The first-order valence-electron chi connectivity index (χ1n) is 8.29. The van der Waals surface area contributed by atoms with Crippen LogP contribution in [0.4, 0.5) is 5.69 Å². The maximum atomic E-state index is 13.0. The van der Waals surface area contributed by atoms with Crippen molar-refractivity contribution in [2.75, 3.05) is 18.0 Å². The summed E-state index contributed by atoms with van der Waals surface area (Å²) in [5.41, 5.74) is 1.42. The second kappa shape index (κ2) is 6.21. The highest BCUT2D eigenvalue weighted by Crippen LogP contribution is 2.29. The van der Waals surface area contributed by atoms with Crippen LogP contribution in [-0.2, 0) is 4.79 Å². The zero-order chi connectivity index (χ0) is 19.3. The topological polar surface area (TPSA) is 92.5 Å². The van der Waals surface area contributed by atoms with Crippen LogP contribution in [0.25, 0.3) is 16.6 Å². The number of nitrogens with zero attached hydrogens (tertiary/aromatic N) is 3. The van der Waals surface area contributed by atoms with Crippen LogP contribution in [0.1, 0.15) is 23.1 Å². The van der Waals surface area contributed by atoms with Crippen LogP contribution in [0.5, 0.6) is 0 Å². The molecule has 0 bridgehead atoms. The molecule has 0 aliphatic carbocycles. The molecule has 0 spiro atoms.